The van der Waals surface area contributed by atoms with Gasteiger partial charge < -0.3 is 20.3 Å². The van der Waals surface area contributed by atoms with Crippen LogP contribution < -0.4 is 20.3 Å². The standard InChI is InChI=1S/C22H28N4O.HI/c1-3-15-27-21-12-8-7-9-18(21)16-24-22(23-2)25-19-13-14-26(17-19)20-10-5-4-6-11-20;/h3-12,19H,1,13-17H2,2H3,(H2,23,24,25);1H. The molecular formula is C22H29IN4O. The summed E-state index contributed by atoms with van der Waals surface area (Å²) in [5.41, 5.74) is 2.37. The summed E-state index contributed by atoms with van der Waals surface area (Å²) in [6, 6.07) is 19.0. The molecule has 1 aliphatic rings. The van der Waals surface area contributed by atoms with Crippen molar-refractivity contribution in [2.24, 2.45) is 4.99 Å². The summed E-state index contributed by atoms with van der Waals surface area (Å²) >= 11 is 0. The van der Waals surface area contributed by atoms with Crippen molar-refractivity contribution in [2.75, 3.05) is 31.6 Å². The molecular weight excluding hydrogens is 463 g/mol. The van der Waals surface area contributed by atoms with Crippen LogP contribution in [-0.4, -0.2) is 38.7 Å². The van der Waals surface area contributed by atoms with E-state index < -0.39 is 0 Å². The molecule has 0 amide bonds. The Labute approximate surface area is 184 Å². The van der Waals surface area contributed by atoms with Gasteiger partial charge in [0.2, 0.25) is 0 Å². The number of hydrogen-bond donors (Lipinski definition) is 2. The van der Waals surface area contributed by atoms with E-state index in [0.29, 0.717) is 19.2 Å². The third-order valence-corrected chi connectivity index (χ3v) is 4.65. The van der Waals surface area contributed by atoms with Crippen LogP contribution in [0, 0.1) is 0 Å². The molecule has 1 aliphatic heterocycles. The molecule has 0 bridgehead atoms. The van der Waals surface area contributed by atoms with Gasteiger partial charge in [-0.25, -0.2) is 0 Å². The van der Waals surface area contributed by atoms with E-state index in [9.17, 15) is 0 Å². The molecule has 0 aromatic heterocycles. The summed E-state index contributed by atoms with van der Waals surface area (Å²) < 4.78 is 5.72. The van der Waals surface area contributed by atoms with E-state index in [1.807, 2.05) is 18.2 Å². The van der Waals surface area contributed by atoms with Crippen molar-refractivity contribution in [2.45, 2.75) is 19.0 Å². The van der Waals surface area contributed by atoms with Gasteiger partial charge in [-0.2, -0.15) is 0 Å². The molecule has 1 atom stereocenters. The van der Waals surface area contributed by atoms with Crippen LogP contribution in [-0.2, 0) is 6.54 Å². The number of aliphatic imine (C=N–C) groups is 1. The summed E-state index contributed by atoms with van der Waals surface area (Å²) in [7, 11) is 1.80. The quantitative estimate of drug-likeness (QED) is 0.267. The van der Waals surface area contributed by atoms with E-state index in [4.69, 9.17) is 4.74 Å². The average Bonchev–Trinajstić information content (AvgIpc) is 3.19. The zero-order valence-electron chi connectivity index (χ0n) is 16.3. The Morgan fingerprint density at radius 2 is 1.96 bits per heavy atom. The molecule has 3 rings (SSSR count). The smallest absolute Gasteiger partial charge is 0.191 e. The number of anilines is 1. The van der Waals surface area contributed by atoms with Crippen molar-refractivity contribution in [1.82, 2.24) is 10.6 Å². The van der Waals surface area contributed by atoms with Gasteiger partial charge in [0.05, 0.1) is 0 Å². The zero-order chi connectivity index (χ0) is 18.9. The van der Waals surface area contributed by atoms with E-state index in [1.165, 1.54) is 5.69 Å². The zero-order valence-corrected chi connectivity index (χ0v) is 18.6. The van der Waals surface area contributed by atoms with Gasteiger partial charge >= 0.3 is 0 Å². The van der Waals surface area contributed by atoms with Crippen molar-refractivity contribution < 1.29 is 4.74 Å². The molecule has 28 heavy (non-hydrogen) atoms. The highest BCUT2D eigenvalue weighted by atomic mass is 127. The molecule has 1 fully saturated rings. The number of rotatable bonds is 7. The van der Waals surface area contributed by atoms with E-state index >= 15 is 0 Å². The molecule has 1 heterocycles. The molecule has 5 nitrogen and oxygen atoms in total. The number of guanidine groups is 1. The van der Waals surface area contributed by atoms with Crippen molar-refractivity contribution in [1.29, 1.82) is 0 Å². The summed E-state index contributed by atoms with van der Waals surface area (Å²) in [5, 5.41) is 6.94. The lowest BCUT2D eigenvalue weighted by atomic mass is 10.2. The highest BCUT2D eigenvalue weighted by molar-refractivity contribution is 14.0. The van der Waals surface area contributed by atoms with Gasteiger partial charge in [-0.1, -0.05) is 49.1 Å². The second kappa shape index (κ2) is 11.6. The minimum atomic E-state index is 0. The number of hydrogen-bond acceptors (Lipinski definition) is 3. The van der Waals surface area contributed by atoms with Gasteiger partial charge in [-0.15, -0.1) is 24.0 Å². The predicted molar refractivity (Wildman–Crippen MR) is 128 cm³/mol. The maximum absolute atomic E-state index is 5.72. The van der Waals surface area contributed by atoms with Crippen LogP contribution in [0.3, 0.4) is 0 Å². The predicted octanol–water partition coefficient (Wildman–Crippen LogP) is 3.81. The van der Waals surface area contributed by atoms with Gasteiger partial charge in [0.1, 0.15) is 12.4 Å². The first kappa shape index (κ1) is 22.1. The molecule has 0 spiro atoms. The normalized spacial score (nSPS) is 16.2. The number of ether oxygens (including phenoxy) is 1. The molecule has 0 saturated carbocycles. The highest BCUT2D eigenvalue weighted by Gasteiger charge is 2.23. The number of para-hydroxylation sites is 2. The van der Waals surface area contributed by atoms with Crippen LogP contribution in [0.5, 0.6) is 5.75 Å². The van der Waals surface area contributed by atoms with Crippen molar-refractivity contribution in [3.8, 4) is 5.75 Å². The van der Waals surface area contributed by atoms with Crippen LogP contribution in [0.2, 0.25) is 0 Å². The lowest BCUT2D eigenvalue weighted by Gasteiger charge is -2.20. The number of nitrogens with zero attached hydrogens (tertiary/aromatic N) is 2. The summed E-state index contributed by atoms with van der Waals surface area (Å²) in [4.78, 5) is 6.78. The molecule has 6 heteroatoms. The van der Waals surface area contributed by atoms with E-state index in [0.717, 1.165) is 36.8 Å². The van der Waals surface area contributed by atoms with Gasteiger partial charge in [-0.3, -0.25) is 4.99 Å². The van der Waals surface area contributed by atoms with Crippen molar-refractivity contribution in [3.63, 3.8) is 0 Å². The molecule has 0 radical (unpaired) electrons. The lowest BCUT2D eigenvalue weighted by Crippen LogP contribution is -2.44. The maximum atomic E-state index is 5.72. The number of halogens is 1. The Bertz CT molecular complexity index is 766. The molecule has 150 valence electrons. The van der Waals surface area contributed by atoms with E-state index in [-0.39, 0.29) is 24.0 Å². The van der Waals surface area contributed by atoms with Crippen LogP contribution in [0.25, 0.3) is 0 Å². The van der Waals surface area contributed by atoms with Gasteiger partial charge in [0.25, 0.3) is 0 Å². The Kier molecular flexibility index (Phi) is 9.13. The Morgan fingerprint density at radius 3 is 2.71 bits per heavy atom. The number of benzene rings is 2. The number of nitrogens with one attached hydrogen (secondary N) is 2. The molecule has 2 N–H and O–H groups in total. The largest absolute Gasteiger partial charge is 0.489 e. The van der Waals surface area contributed by atoms with Crippen LogP contribution in [0.1, 0.15) is 12.0 Å². The molecule has 1 unspecified atom stereocenters. The minimum absolute atomic E-state index is 0. The first-order chi connectivity index (χ1) is 13.3. The maximum Gasteiger partial charge on any atom is 0.191 e. The first-order valence-electron chi connectivity index (χ1n) is 9.39. The second-order valence-electron chi connectivity index (χ2n) is 6.54. The fourth-order valence-electron chi connectivity index (χ4n) is 3.26. The third kappa shape index (κ3) is 6.15. The van der Waals surface area contributed by atoms with Crippen LogP contribution >= 0.6 is 24.0 Å². The molecule has 2 aromatic rings. The fourth-order valence-corrected chi connectivity index (χ4v) is 3.26. The van der Waals surface area contributed by atoms with E-state index in [1.54, 1.807) is 13.1 Å². The third-order valence-electron chi connectivity index (χ3n) is 4.65. The van der Waals surface area contributed by atoms with Gasteiger partial charge in [0, 0.05) is 44.0 Å². The minimum Gasteiger partial charge on any atom is -0.489 e. The average molecular weight is 492 g/mol. The molecule has 1 saturated heterocycles. The second-order valence-corrected chi connectivity index (χ2v) is 6.54. The summed E-state index contributed by atoms with van der Waals surface area (Å²) in [6.45, 7) is 6.89. The van der Waals surface area contributed by atoms with Gasteiger partial charge in [-0.05, 0) is 24.6 Å². The Balaban J connectivity index is 0.00000280. The van der Waals surface area contributed by atoms with Crippen molar-refractivity contribution in [3.05, 3.63) is 72.8 Å². The first-order valence-corrected chi connectivity index (χ1v) is 9.39. The summed E-state index contributed by atoms with van der Waals surface area (Å²) in [5.74, 6) is 1.69. The topological polar surface area (TPSA) is 48.9 Å². The SMILES string of the molecule is C=CCOc1ccccc1CNC(=NC)NC1CCN(c2ccccc2)C1.I. The monoisotopic (exact) mass is 492 g/mol. The highest BCUT2D eigenvalue weighted by Crippen LogP contribution is 2.20. The fraction of sp³-hybridized carbons (Fsp3) is 0.318. The lowest BCUT2D eigenvalue weighted by molar-refractivity contribution is 0.358. The molecule has 0 aliphatic carbocycles. The molecule has 2 aromatic carbocycles. The Hall–Kier alpha value is -2.22. The summed E-state index contributed by atoms with van der Waals surface area (Å²) in [6.07, 6.45) is 2.85. The Morgan fingerprint density at radius 1 is 1.21 bits per heavy atom. The van der Waals surface area contributed by atoms with Crippen LogP contribution in [0.4, 0.5) is 5.69 Å². The van der Waals surface area contributed by atoms with Crippen molar-refractivity contribution >= 4 is 35.6 Å². The van der Waals surface area contributed by atoms with E-state index in [2.05, 4.69) is 63.5 Å². The van der Waals surface area contributed by atoms with Gasteiger partial charge in [0.15, 0.2) is 5.96 Å². The van der Waals surface area contributed by atoms with Crippen LogP contribution in [0.15, 0.2) is 72.2 Å².